The SMILES string of the molecule is CC1CCCC(N)(C(=O)N[C@H](CO)Cc2ccccc2)C1. The Kier molecular flexibility index (Phi) is 5.37. The summed E-state index contributed by atoms with van der Waals surface area (Å²) in [4.78, 5) is 12.5. The molecule has 21 heavy (non-hydrogen) atoms. The van der Waals surface area contributed by atoms with Gasteiger partial charge in [-0.25, -0.2) is 0 Å². The molecule has 4 N–H and O–H groups in total. The van der Waals surface area contributed by atoms with Crippen LogP contribution in [0.3, 0.4) is 0 Å². The van der Waals surface area contributed by atoms with Gasteiger partial charge in [0.2, 0.25) is 5.91 Å². The molecule has 0 aliphatic heterocycles. The smallest absolute Gasteiger partial charge is 0.240 e. The molecule has 1 fully saturated rings. The van der Waals surface area contributed by atoms with Crippen LogP contribution in [0.5, 0.6) is 0 Å². The highest BCUT2D eigenvalue weighted by molar-refractivity contribution is 5.86. The zero-order chi connectivity index (χ0) is 15.3. The third kappa shape index (κ3) is 4.29. The Hall–Kier alpha value is -1.39. The van der Waals surface area contributed by atoms with E-state index >= 15 is 0 Å². The first kappa shape index (κ1) is 16.0. The average molecular weight is 290 g/mol. The molecule has 4 nitrogen and oxygen atoms in total. The largest absolute Gasteiger partial charge is 0.394 e. The van der Waals surface area contributed by atoms with E-state index in [-0.39, 0.29) is 18.6 Å². The number of nitrogens with one attached hydrogen (secondary N) is 1. The summed E-state index contributed by atoms with van der Waals surface area (Å²) in [6, 6.07) is 9.58. The fraction of sp³-hybridized carbons (Fsp3) is 0.588. The third-order valence-corrected chi connectivity index (χ3v) is 4.37. The van der Waals surface area contributed by atoms with E-state index < -0.39 is 5.54 Å². The van der Waals surface area contributed by atoms with Crippen molar-refractivity contribution in [3.05, 3.63) is 35.9 Å². The molecule has 1 amide bonds. The van der Waals surface area contributed by atoms with Crippen LogP contribution >= 0.6 is 0 Å². The summed E-state index contributed by atoms with van der Waals surface area (Å²) in [5, 5.41) is 12.4. The number of amides is 1. The molecule has 4 heteroatoms. The van der Waals surface area contributed by atoms with Gasteiger partial charge in [0.05, 0.1) is 18.2 Å². The predicted octanol–water partition coefficient (Wildman–Crippen LogP) is 1.61. The van der Waals surface area contributed by atoms with Crippen molar-refractivity contribution in [2.75, 3.05) is 6.61 Å². The summed E-state index contributed by atoms with van der Waals surface area (Å²) in [6.45, 7) is 2.06. The number of benzene rings is 1. The van der Waals surface area contributed by atoms with Crippen molar-refractivity contribution in [1.82, 2.24) is 5.32 Å². The minimum Gasteiger partial charge on any atom is -0.394 e. The molecule has 116 valence electrons. The number of carbonyl (C=O) groups excluding carboxylic acids is 1. The molecule has 1 aromatic rings. The number of nitrogens with two attached hydrogens (primary N) is 1. The van der Waals surface area contributed by atoms with Gasteiger partial charge in [-0.2, -0.15) is 0 Å². The fourth-order valence-corrected chi connectivity index (χ4v) is 3.19. The number of rotatable bonds is 5. The quantitative estimate of drug-likeness (QED) is 0.771. The van der Waals surface area contributed by atoms with Crippen LogP contribution in [0.4, 0.5) is 0 Å². The fourth-order valence-electron chi connectivity index (χ4n) is 3.19. The molecule has 1 aliphatic rings. The number of aliphatic hydroxyl groups is 1. The number of carbonyl (C=O) groups is 1. The Morgan fingerprint density at radius 1 is 1.48 bits per heavy atom. The van der Waals surface area contributed by atoms with Crippen molar-refractivity contribution >= 4 is 5.91 Å². The van der Waals surface area contributed by atoms with E-state index in [1.807, 2.05) is 30.3 Å². The summed E-state index contributed by atoms with van der Waals surface area (Å²) in [5.41, 5.74) is 6.62. The van der Waals surface area contributed by atoms with E-state index in [0.29, 0.717) is 12.3 Å². The normalized spacial score (nSPS) is 27.1. The molecule has 1 saturated carbocycles. The van der Waals surface area contributed by atoms with Gasteiger partial charge in [0, 0.05) is 0 Å². The van der Waals surface area contributed by atoms with Crippen LogP contribution in [0.1, 0.15) is 38.2 Å². The van der Waals surface area contributed by atoms with Crippen LogP contribution in [0.25, 0.3) is 0 Å². The van der Waals surface area contributed by atoms with Crippen molar-refractivity contribution in [3.63, 3.8) is 0 Å². The number of hydrogen-bond donors (Lipinski definition) is 3. The molecule has 0 heterocycles. The lowest BCUT2D eigenvalue weighted by Crippen LogP contribution is -2.58. The van der Waals surface area contributed by atoms with E-state index in [0.717, 1.165) is 31.2 Å². The van der Waals surface area contributed by atoms with Gasteiger partial charge in [0.1, 0.15) is 0 Å². The number of aliphatic hydroxyl groups excluding tert-OH is 1. The van der Waals surface area contributed by atoms with Crippen molar-refractivity contribution in [2.45, 2.75) is 50.6 Å². The van der Waals surface area contributed by atoms with Crippen LogP contribution in [0.15, 0.2) is 30.3 Å². The Morgan fingerprint density at radius 2 is 2.19 bits per heavy atom. The molecule has 0 spiro atoms. The van der Waals surface area contributed by atoms with E-state index in [2.05, 4.69) is 12.2 Å². The standard InChI is InChI=1S/C17H26N2O2/c1-13-6-5-9-17(18,11-13)16(21)19-15(12-20)10-14-7-3-2-4-8-14/h2-4,7-8,13,15,20H,5-6,9-12,18H2,1H3,(H,19,21)/t13?,15-,17?/m0/s1. The van der Waals surface area contributed by atoms with Gasteiger partial charge in [-0.3, -0.25) is 4.79 Å². The lowest BCUT2D eigenvalue weighted by atomic mass is 9.76. The van der Waals surface area contributed by atoms with E-state index in [1.165, 1.54) is 0 Å². The minimum absolute atomic E-state index is 0.0771. The second kappa shape index (κ2) is 7.05. The highest BCUT2D eigenvalue weighted by Crippen LogP contribution is 2.30. The second-order valence-electron chi connectivity index (χ2n) is 6.40. The van der Waals surface area contributed by atoms with Gasteiger partial charge in [-0.1, -0.05) is 50.1 Å². The monoisotopic (exact) mass is 290 g/mol. The Morgan fingerprint density at radius 3 is 2.81 bits per heavy atom. The summed E-state index contributed by atoms with van der Waals surface area (Å²) in [5.74, 6) is 0.361. The Balaban J connectivity index is 1.96. The van der Waals surface area contributed by atoms with Crippen molar-refractivity contribution in [2.24, 2.45) is 11.7 Å². The van der Waals surface area contributed by atoms with Crippen molar-refractivity contribution < 1.29 is 9.90 Å². The molecule has 3 atom stereocenters. The minimum atomic E-state index is -0.776. The van der Waals surface area contributed by atoms with E-state index in [4.69, 9.17) is 5.73 Å². The van der Waals surface area contributed by atoms with E-state index in [1.54, 1.807) is 0 Å². The molecule has 2 rings (SSSR count). The molecule has 1 aliphatic carbocycles. The summed E-state index contributed by atoms with van der Waals surface area (Å²) in [6.07, 6.45) is 4.21. The van der Waals surface area contributed by atoms with Crippen LogP contribution in [-0.2, 0) is 11.2 Å². The van der Waals surface area contributed by atoms with Gasteiger partial charge in [-0.05, 0) is 30.7 Å². The molecule has 0 bridgehead atoms. The third-order valence-electron chi connectivity index (χ3n) is 4.37. The van der Waals surface area contributed by atoms with Crippen LogP contribution in [0, 0.1) is 5.92 Å². The topological polar surface area (TPSA) is 75.4 Å². The zero-order valence-electron chi connectivity index (χ0n) is 12.7. The second-order valence-corrected chi connectivity index (χ2v) is 6.40. The van der Waals surface area contributed by atoms with Crippen molar-refractivity contribution in [1.29, 1.82) is 0 Å². The first-order chi connectivity index (χ1) is 10.0. The first-order valence-electron chi connectivity index (χ1n) is 7.78. The summed E-state index contributed by atoms with van der Waals surface area (Å²) in [7, 11) is 0. The Bertz CT molecular complexity index is 463. The highest BCUT2D eigenvalue weighted by atomic mass is 16.3. The van der Waals surface area contributed by atoms with Gasteiger partial charge in [0.25, 0.3) is 0 Å². The Labute approximate surface area is 126 Å². The lowest BCUT2D eigenvalue weighted by Gasteiger charge is -2.36. The zero-order valence-corrected chi connectivity index (χ0v) is 12.7. The lowest BCUT2D eigenvalue weighted by molar-refractivity contribution is -0.129. The molecule has 1 aromatic carbocycles. The first-order valence-corrected chi connectivity index (χ1v) is 7.78. The molecule has 0 saturated heterocycles. The molecule has 0 aromatic heterocycles. The molecular weight excluding hydrogens is 264 g/mol. The predicted molar refractivity (Wildman–Crippen MR) is 83.7 cm³/mol. The summed E-state index contributed by atoms with van der Waals surface area (Å²) < 4.78 is 0. The van der Waals surface area contributed by atoms with Crippen molar-refractivity contribution in [3.8, 4) is 0 Å². The molecular formula is C17H26N2O2. The van der Waals surface area contributed by atoms with Gasteiger partial charge in [-0.15, -0.1) is 0 Å². The highest BCUT2D eigenvalue weighted by Gasteiger charge is 2.38. The van der Waals surface area contributed by atoms with Gasteiger partial charge < -0.3 is 16.2 Å². The number of hydrogen-bond acceptors (Lipinski definition) is 3. The maximum absolute atomic E-state index is 12.5. The summed E-state index contributed by atoms with van der Waals surface area (Å²) >= 11 is 0. The van der Waals surface area contributed by atoms with Crippen LogP contribution < -0.4 is 11.1 Å². The van der Waals surface area contributed by atoms with Crippen LogP contribution in [-0.4, -0.2) is 29.2 Å². The molecule has 2 unspecified atom stereocenters. The van der Waals surface area contributed by atoms with E-state index in [9.17, 15) is 9.90 Å². The average Bonchev–Trinajstić information content (AvgIpc) is 2.47. The van der Waals surface area contributed by atoms with Crippen LogP contribution in [0.2, 0.25) is 0 Å². The maximum Gasteiger partial charge on any atom is 0.240 e. The molecule has 0 radical (unpaired) electrons. The van der Waals surface area contributed by atoms with Gasteiger partial charge in [0.15, 0.2) is 0 Å². The van der Waals surface area contributed by atoms with Gasteiger partial charge >= 0.3 is 0 Å². The maximum atomic E-state index is 12.5.